The van der Waals surface area contributed by atoms with E-state index in [1.807, 2.05) is 34.0 Å². The van der Waals surface area contributed by atoms with Crippen LogP contribution in [0.1, 0.15) is 20.3 Å². The van der Waals surface area contributed by atoms with Gasteiger partial charge in [-0.25, -0.2) is 0 Å². The van der Waals surface area contributed by atoms with Gasteiger partial charge in [0, 0.05) is 11.9 Å². The summed E-state index contributed by atoms with van der Waals surface area (Å²) in [5.74, 6) is -3.13. The zero-order valence-corrected chi connectivity index (χ0v) is 12.1. The van der Waals surface area contributed by atoms with Crippen molar-refractivity contribution in [2.24, 2.45) is 17.8 Å². The van der Waals surface area contributed by atoms with Gasteiger partial charge in [-0.05, 0) is 19.3 Å². The molecule has 0 aromatic rings. The SMILES string of the molecule is CC1=CC(C)C(C(=O)OCC[NH+](C)C)C(C(=O)[O-])C1. The first-order valence-corrected chi connectivity index (χ1v) is 6.66. The summed E-state index contributed by atoms with van der Waals surface area (Å²) in [7, 11) is 3.93. The molecule has 0 aromatic carbocycles. The summed E-state index contributed by atoms with van der Waals surface area (Å²) in [5.41, 5.74) is 0.989. The van der Waals surface area contributed by atoms with Crippen LogP contribution < -0.4 is 10.0 Å². The molecule has 1 rings (SSSR count). The van der Waals surface area contributed by atoms with Crippen molar-refractivity contribution >= 4 is 11.9 Å². The molecule has 3 unspecified atom stereocenters. The van der Waals surface area contributed by atoms with Gasteiger partial charge >= 0.3 is 5.97 Å². The Labute approximate surface area is 114 Å². The molecule has 0 spiro atoms. The fourth-order valence-corrected chi connectivity index (χ4v) is 2.52. The average Bonchev–Trinajstić information content (AvgIpc) is 2.26. The number of rotatable bonds is 5. The third-order valence-corrected chi connectivity index (χ3v) is 3.51. The fourth-order valence-electron chi connectivity index (χ4n) is 2.52. The highest BCUT2D eigenvalue weighted by molar-refractivity contribution is 5.81. The lowest BCUT2D eigenvalue weighted by molar-refractivity contribution is -0.858. The molecule has 0 fully saturated rings. The molecule has 0 aliphatic heterocycles. The number of carboxylic acids is 1. The van der Waals surface area contributed by atoms with Gasteiger partial charge in [0.15, 0.2) is 0 Å². The number of hydrogen-bond acceptors (Lipinski definition) is 4. The Morgan fingerprint density at radius 2 is 2.11 bits per heavy atom. The lowest BCUT2D eigenvalue weighted by Crippen LogP contribution is -3.06. The lowest BCUT2D eigenvalue weighted by Gasteiger charge is -2.34. The number of quaternary nitrogens is 1. The summed E-state index contributed by atoms with van der Waals surface area (Å²) in [4.78, 5) is 24.4. The third-order valence-electron chi connectivity index (χ3n) is 3.51. The first-order chi connectivity index (χ1) is 8.82. The minimum atomic E-state index is -1.17. The standard InChI is InChI=1S/C14H23NO4/c1-9-7-10(2)12(11(8-9)13(16)17)14(18)19-6-5-15(3)4/h7,10-12H,5-6,8H2,1-4H3,(H,16,17). The predicted molar refractivity (Wildman–Crippen MR) is 68.2 cm³/mol. The number of aliphatic carboxylic acids is 1. The molecule has 1 N–H and O–H groups in total. The summed E-state index contributed by atoms with van der Waals surface area (Å²) >= 11 is 0. The second-order valence-corrected chi connectivity index (χ2v) is 5.65. The van der Waals surface area contributed by atoms with Crippen LogP contribution in [0.2, 0.25) is 0 Å². The highest BCUT2D eigenvalue weighted by Gasteiger charge is 2.37. The zero-order chi connectivity index (χ0) is 14.6. The van der Waals surface area contributed by atoms with Crippen molar-refractivity contribution in [3.8, 4) is 0 Å². The first kappa shape index (κ1) is 15.7. The van der Waals surface area contributed by atoms with Gasteiger partial charge in [0.05, 0.1) is 20.0 Å². The Balaban J connectivity index is 2.71. The maximum absolute atomic E-state index is 12.1. The molecule has 0 radical (unpaired) electrons. The van der Waals surface area contributed by atoms with Crippen molar-refractivity contribution in [2.75, 3.05) is 27.2 Å². The zero-order valence-electron chi connectivity index (χ0n) is 12.1. The predicted octanol–water partition coefficient (Wildman–Crippen LogP) is -1.36. The van der Waals surface area contributed by atoms with Crippen LogP contribution in [0.25, 0.3) is 0 Å². The van der Waals surface area contributed by atoms with Crippen molar-refractivity contribution < 1.29 is 24.3 Å². The Hall–Kier alpha value is -1.36. The van der Waals surface area contributed by atoms with Gasteiger partial charge in [-0.2, -0.15) is 0 Å². The largest absolute Gasteiger partial charge is 0.550 e. The van der Waals surface area contributed by atoms with E-state index < -0.39 is 23.8 Å². The molecule has 3 atom stereocenters. The van der Waals surface area contributed by atoms with Crippen molar-refractivity contribution in [3.05, 3.63) is 11.6 Å². The highest BCUT2D eigenvalue weighted by Crippen LogP contribution is 2.34. The Morgan fingerprint density at radius 1 is 1.47 bits per heavy atom. The number of ether oxygens (including phenoxy) is 1. The molecule has 0 saturated heterocycles. The first-order valence-electron chi connectivity index (χ1n) is 6.66. The van der Waals surface area contributed by atoms with Crippen molar-refractivity contribution in [2.45, 2.75) is 20.3 Å². The van der Waals surface area contributed by atoms with Crippen LogP contribution in [0, 0.1) is 17.8 Å². The van der Waals surface area contributed by atoms with Gasteiger partial charge in [0.1, 0.15) is 13.2 Å². The quantitative estimate of drug-likeness (QED) is 0.494. The van der Waals surface area contributed by atoms with Crippen molar-refractivity contribution in [1.82, 2.24) is 0 Å². The number of carbonyl (C=O) groups is 2. The number of nitrogens with one attached hydrogen (secondary N) is 1. The molecular formula is C14H23NO4. The normalized spacial score (nSPS) is 27.0. The molecule has 0 aromatic heterocycles. The lowest BCUT2D eigenvalue weighted by atomic mass is 9.74. The van der Waals surface area contributed by atoms with E-state index in [0.717, 1.165) is 5.57 Å². The second-order valence-electron chi connectivity index (χ2n) is 5.65. The summed E-state index contributed by atoms with van der Waals surface area (Å²) in [6.07, 6.45) is 2.31. The van der Waals surface area contributed by atoms with Gasteiger partial charge in [-0.1, -0.05) is 18.6 Å². The van der Waals surface area contributed by atoms with Crippen molar-refractivity contribution in [1.29, 1.82) is 0 Å². The second kappa shape index (κ2) is 6.70. The van der Waals surface area contributed by atoms with E-state index in [4.69, 9.17) is 4.74 Å². The van der Waals surface area contributed by atoms with E-state index in [-0.39, 0.29) is 5.92 Å². The van der Waals surface area contributed by atoms with E-state index in [0.29, 0.717) is 19.6 Å². The van der Waals surface area contributed by atoms with Gasteiger partial charge in [0.2, 0.25) is 0 Å². The monoisotopic (exact) mass is 269 g/mol. The molecule has 1 aliphatic rings. The summed E-state index contributed by atoms with van der Waals surface area (Å²) in [6, 6.07) is 0. The molecule has 0 amide bonds. The van der Waals surface area contributed by atoms with Crippen LogP contribution >= 0.6 is 0 Å². The molecule has 0 bridgehead atoms. The summed E-state index contributed by atoms with van der Waals surface area (Å²) < 4.78 is 5.20. The van der Waals surface area contributed by atoms with Gasteiger partial charge in [-0.15, -0.1) is 0 Å². The smallest absolute Gasteiger partial charge is 0.310 e. The molecule has 1 aliphatic carbocycles. The molecule has 0 saturated carbocycles. The van der Waals surface area contributed by atoms with Crippen LogP contribution in [0.15, 0.2) is 11.6 Å². The molecule has 0 heterocycles. The topological polar surface area (TPSA) is 70.9 Å². The summed E-state index contributed by atoms with van der Waals surface area (Å²) in [5, 5.41) is 11.2. The van der Waals surface area contributed by atoms with E-state index >= 15 is 0 Å². The maximum Gasteiger partial charge on any atom is 0.310 e. The fraction of sp³-hybridized carbons (Fsp3) is 0.714. The number of carboxylic acid groups (broad SMARTS) is 1. The minimum Gasteiger partial charge on any atom is -0.550 e. The third kappa shape index (κ3) is 4.35. The van der Waals surface area contributed by atoms with Crippen LogP contribution in [0.4, 0.5) is 0 Å². The molecule has 5 heteroatoms. The van der Waals surface area contributed by atoms with Gasteiger partial charge in [0.25, 0.3) is 0 Å². The Bertz CT molecular complexity index is 376. The van der Waals surface area contributed by atoms with E-state index in [1.54, 1.807) is 0 Å². The number of likely N-dealkylation sites (N-methyl/N-ethyl adjacent to an activating group) is 1. The maximum atomic E-state index is 12.1. The number of carbonyl (C=O) groups excluding carboxylic acids is 2. The minimum absolute atomic E-state index is 0.129. The number of esters is 1. The van der Waals surface area contributed by atoms with Crippen LogP contribution in [0.3, 0.4) is 0 Å². The number of hydrogen-bond donors (Lipinski definition) is 1. The Kier molecular flexibility index (Phi) is 5.54. The van der Waals surface area contributed by atoms with E-state index in [1.165, 1.54) is 4.90 Å². The molecule has 108 valence electrons. The van der Waals surface area contributed by atoms with Gasteiger partial charge < -0.3 is 19.5 Å². The van der Waals surface area contributed by atoms with Crippen LogP contribution in [0.5, 0.6) is 0 Å². The highest BCUT2D eigenvalue weighted by atomic mass is 16.5. The molecule has 19 heavy (non-hydrogen) atoms. The van der Waals surface area contributed by atoms with Gasteiger partial charge in [-0.3, -0.25) is 4.79 Å². The Morgan fingerprint density at radius 3 is 2.63 bits per heavy atom. The number of allylic oxidation sites excluding steroid dienone is 2. The van der Waals surface area contributed by atoms with Crippen LogP contribution in [-0.4, -0.2) is 39.2 Å². The van der Waals surface area contributed by atoms with Crippen LogP contribution in [-0.2, 0) is 14.3 Å². The van der Waals surface area contributed by atoms with E-state index in [2.05, 4.69) is 0 Å². The van der Waals surface area contributed by atoms with Crippen molar-refractivity contribution in [3.63, 3.8) is 0 Å². The molecular weight excluding hydrogens is 246 g/mol. The molecule has 5 nitrogen and oxygen atoms in total. The average molecular weight is 269 g/mol. The summed E-state index contributed by atoms with van der Waals surface area (Å²) in [6.45, 7) is 4.75. The van der Waals surface area contributed by atoms with E-state index in [9.17, 15) is 14.7 Å².